The van der Waals surface area contributed by atoms with Crippen LogP contribution in [0.1, 0.15) is 18.9 Å². The SMILES string of the molecule is CCc1ccncc1-c1cc(N)c2nnc(NC(=O)NC3CCOC3)cc2c1. The molecule has 2 amide bonds. The van der Waals surface area contributed by atoms with E-state index in [2.05, 4.69) is 32.7 Å². The van der Waals surface area contributed by atoms with Gasteiger partial charge in [0.05, 0.1) is 18.3 Å². The summed E-state index contributed by atoms with van der Waals surface area (Å²) in [6.45, 7) is 3.29. The number of ether oxygens (including phenoxy) is 1. The van der Waals surface area contributed by atoms with Crippen molar-refractivity contribution in [1.82, 2.24) is 20.5 Å². The van der Waals surface area contributed by atoms with E-state index in [1.807, 2.05) is 24.4 Å². The van der Waals surface area contributed by atoms with Gasteiger partial charge in [-0.25, -0.2) is 4.79 Å². The van der Waals surface area contributed by atoms with E-state index in [0.29, 0.717) is 30.2 Å². The second kappa shape index (κ2) is 7.77. The molecule has 0 bridgehead atoms. The lowest BCUT2D eigenvalue weighted by Gasteiger charge is -2.12. The molecule has 1 unspecified atom stereocenters. The highest BCUT2D eigenvalue weighted by Crippen LogP contribution is 2.30. The molecule has 4 rings (SSSR count). The molecule has 2 aromatic heterocycles. The molecule has 0 radical (unpaired) electrons. The molecule has 0 saturated carbocycles. The summed E-state index contributed by atoms with van der Waals surface area (Å²) in [5, 5.41) is 14.7. The summed E-state index contributed by atoms with van der Waals surface area (Å²) >= 11 is 0. The zero-order valence-electron chi connectivity index (χ0n) is 15.6. The Bertz CT molecular complexity index is 1020. The fraction of sp³-hybridized carbons (Fsp3) is 0.300. The van der Waals surface area contributed by atoms with E-state index in [1.54, 1.807) is 12.3 Å². The van der Waals surface area contributed by atoms with Crippen LogP contribution in [0.3, 0.4) is 0 Å². The van der Waals surface area contributed by atoms with Crippen LogP contribution in [-0.2, 0) is 11.2 Å². The number of urea groups is 1. The van der Waals surface area contributed by atoms with Crippen molar-refractivity contribution < 1.29 is 9.53 Å². The third-order valence-electron chi connectivity index (χ3n) is 4.83. The number of benzene rings is 1. The van der Waals surface area contributed by atoms with Crippen LogP contribution in [-0.4, -0.2) is 40.5 Å². The lowest BCUT2D eigenvalue weighted by Crippen LogP contribution is -2.38. The zero-order chi connectivity index (χ0) is 19.5. The number of aromatic nitrogens is 3. The average Bonchev–Trinajstić information content (AvgIpc) is 3.20. The maximum absolute atomic E-state index is 12.2. The van der Waals surface area contributed by atoms with Crippen molar-refractivity contribution in [2.75, 3.05) is 24.3 Å². The van der Waals surface area contributed by atoms with Gasteiger partial charge in [-0.05, 0) is 48.2 Å². The fourth-order valence-electron chi connectivity index (χ4n) is 3.38. The van der Waals surface area contributed by atoms with Crippen LogP contribution in [0.5, 0.6) is 0 Å². The number of nitrogen functional groups attached to an aromatic ring is 1. The molecular weight excluding hydrogens is 356 g/mol. The largest absolute Gasteiger partial charge is 0.397 e. The number of anilines is 2. The Morgan fingerprint density at radius 2 is 2.21 bits per heavy atom. The van der Waals surface area contributed by atoms with Crippen molar-refractivity contribution in [2.45, 2.75) is 25.8 Å². The quantitative estimate of drug-likeness (QED) is 0.601. The summed E-state index contributed by atoms with van der Waals surface area (Å²) in [7, 11) is 0. The van der Waals surface area contributed by atoms with E-state index in [0.717, 1.165) is 29.4 Å². The number of nitrogens with one attached hydrogen (secondary N) is 2. The van der Waals surface area contributed by atoms with E-state index in [4.69, 9.17) is 10.5 Å². The summed E-state index contributed by atoms with van der Waals surface area (Å²) in [5.41, 5.74) is 10.5. The zero-order valence-corrected chi connectivity index (χ0v) is 15.6. The minimum atomic E-state index is -0.325. The van der Waals surface area contributed by atoms with Gasteiger partial charge in [-0.1, -0.05) is 6.92 Å². The van der Waals surface area contributed by atoms with Gasteiger partial charge in [-0.15, -0.1) is 10.2 Å². The van der Waals surface area contributed by atoms with Crippen molar-refractivity contribution in [3.63, 3.8) is 0 Å². The number of hydrogen-bond acceptors (Lipinski definition) is 6. The van der Waals surface area contributed by atoms with Crippen molar-refractivity contribution in [3.05, 3.63) is 42.2 Å². The number of carbonyl (C=O) groups excluding carboxylic acids is 1. The summed E-state index contributed by atoms with van der Waals surface area (Å²) in [6.07, 6.45) is 5.32. The molecule has 8 nitrogen and oxygen atoms in total. The van der Waals surface area contributed by atoms with E-state index in [-0.39, 0.29) is 12.1 Å². The molecule has 1 aromatic carbocycles. The normalized spacial score (nSPS) is 16.2. The lowest BCUT2D eigenvalue weighted by atomic mass is 9.98. The van der Waals surface area contributed by atoms with Gasteiger partial charge in [0.15, 0.2) is 5.82 Å². The molecule has 144 valence electrons. The Kier molecular flexibility index (Phi) is 5.03. The predicted octanol–water partition coefficient (Wildman–Crippen LogP) is 2.75. The molecule has 8 heteroatoms. The topological polar surface area (TPSA) is 115 Å². The monoisotopic (exact) mass is 378 g/mol. The Labute approximate surface area is 162 Å². The maximum Gasteiger partial charge on any atom is 0.320 e. The molecule has 1 aliphatic heterocycles. The van der Waals surface area contributed by atoms with Gasteiger partial charge < -0.3 is 15.8 Å². The Hall–Kier alpha value is -3.26. The molecule has 1 fully saturated rings. The number of aryl methyl sites for hydroxylation is 1. The number of pyridine rings is 1. The highest BCUT2D eigenvalue weighted by atomic mass is 16.5. The first-order valence-electron chi connectivity index (χ1n) is 9.29. The number of nitrogens with two attached hydrogens (primary N) is 1. The van der Waals surface area contributed by atoms with E-state index < -0.39 is 0 Å². The summed E-state index contributed by atoms with van der Waals surface area (Å²) in [6, 6.07) is 7.35. The number of fused-ring (bicyclic) bond motifs is 1. The average molecular weight is 378 g/mol. The Balaban J connectivity index is 1.63. The second-order valence-corrected chi connectivity index (χ2v) is 6.78. The number of carbonyl (C=O) groups is 1. The molecular formula is C20H22N6O2. The van der Waals surface area contributed by atoms with E-state index in [1.165, 1.54) is 5.56 Å². The van der Waals surface area contributed by atoms with Crippen molar-refractivity contribution in [1.29, 1.82) is 0 Å². The van der Waals surface area contributed by atoms with Gasteiger partial charge in [-0.3, -0.25) is 10.3 Å². The van der Waals surface area contributed by atoms with Crippen LogP contribution in [0.4, 0.5) is 16.3 Å². The predicted molar refractivity (Wildman–Crippen MR) is 108 cm³/mol. The molecule has 1 saturated heterocycles. The van der Waals surface area contributed by atoms with Gasteiger partial charge in [0.2, 0.25) is 0 Å². The van der Waals surface area contributed by atoms with Crippen molar-refractivity contribution in [2.24, 2.45) is 0 Å². The van der Waals surface area contributed by atoms with Gasteiger partial charge in [-0.2, -0.15) is 0 Å². The van der Waals surface area contributed by atoms with Gasteiger partial charge in [0, 0.05) is 30.0 Å². The number of nitrogens with zero attached hydrogens (tertiary/aromatic N) is 3. The smallest absolute Gasteiger partial charge is 0.320 e. The molecule has 0 spiro atoms. The summed E-state index contributed by atoms with van der Waals surface area (Å²) < 4.78 is 5.26. The first kappa shape index (κ1) is 18.1. The number of rotatable bonds is 4. The third-order valence-corrected chi connectivity index (χ3v) is 4.83. The summed E-state index contributed by atoms with van der Waals surface area (Å²) in [5.74, 6) is 0.363. The standard InChI is InChI=1S/C20H22N6O2/c1-2-12-3-5-22-10-16(12)13-7-14-9-18(25-26-19(14)17(21)8-13)24-20(27)23-15-4-6-28-11-15/h3,5,7-10,15H,2,4,6,11,21H2,1H3,(H2,23,24,25,27). The molecule has 1 atom stereocenters. The molecule has 28 heavy (non-hydrogen) atoms. The molecule has 3 aromatic rings. The third kappa shape index (κ3) is 3.72. The van der Waals surface area contributed by atoms with Gasteiger partial charge >= 0.3 is 6.03 Å². The molecule has 3 heterocycles. The van der Waals surface area contributed by atoms with Crippen LogP contribution in [0.15, 0.2) is 36.7 Å². The minimum absolute atomic E-state index is 0.0220. The molecule has 1 aliphatic rings. The van der Waals surface area contributed by atoms with E-state index in [9.17, 15) is 4.79 Å². The lowest BCUT2D eigenvalue weighted by molar-refractivity contribution is 0.189. The highest BCUT2D eigenvalue weighted by molar-refractivity contribution is 5.96. The van der Waals surface area contributed by atoms with Crippen LogP contribution >= 0.6 is 0 Å². The number of hydrogen-bond donors (Lipinski definition) is 3. The second-order valence-electron chi connectivity index (χ2n) is 6.78. The van der Waals surface area contributed by atoms with Crippen molar-refractivity contribution in [3.8, 4) is 11.1 Å². The van der Waals surface area contributed by atoms with Crippen LogP contribution in [0.2, 0.25) is 0 Å². The van der Waals surface area contributed by atoms with E-state index >= 15 is 0 Å². The minimum Gasteiger partial charge on any atom is -0.397 e. The first-order chi connectivity index (χ1) is 13.6. The highest BCUT2D eigenvalue weighted by Gasteiger charge is 2.18. The fourth-order valence-corrected chi connectivity index (χ4v) is 3.38. The number of amides is 2. The molecule has 0 aliphatic carbocycles. The van der Waals surface area contributed by atoms with Crippen LogP contribution in [0, 0.1) is 0 Å². The Morgan fingerprint density at radius 3 is 3.00 bits per heavy atom. The van der Waals surface area contributed by atoms with Crippen molar-refractivity contribution >= 4 is 28.4 Å². The van der Waals surface area contributed by atoms with Crippen LogP contribution < -0.4 is 16.4 Å². The maximum atomic E-state index is 12.2. The van der Waals surface area contributed by atoms with Crippen LogP contribution in [0.25, 0.3) is 22.0 Å². The Morgan fingerprint density at radius 1 is 1.32 bits per heavy atom. The summed E-state index contributed by atoms with van der Waals surface area (Å²) in [4.78, 5) is 16.4. The van der Waals surface area contributed by atoms with Gasteiger partial charge in [0.25, 0.3) is 0 Å². The molecule has 4 N–H and O–H groups in total. The first-order valence-corrected chi connectivity index (χ1v) is 9.29. The van der Waals surface area contributed by atoms with Gasteiger partial charge in [0.1, 0.15) is 5.52 Å².